The number of thioether (sulfide) groups is 1. The number of amides is 2. The van der Waals surface area contributed by atoms with E-state index in [1.807, 2.05) is 0 Å². The highest BCUT2D eigenvalue weighted by Crippen LogP contribution is 2.31. The quantitative estimate of drug-likeness (QED) is 0.468. The minimum absolute atomic E-state index is 0.0111. The third-order valence-corrected chi connectivity index (χ3v) is 6.74. The van der Waals surface area contributed by atoms with Crippen LogP contribution < -0.4 is 0 Å². The molecule has 0 atom stereocenters. The standard InChI is InChI=1S/C25H23N5O5S/c1-2-34-24(33)16-7-5-6-15(12-16)19-9-8-17(35-19)13-18-22(26)30-25(27-23(18)32)36-20(28-30)14-21(31)29-10-3-4-11-29/h5-9,12-13,26H,2-4,10-11,14H2,1H3/b18-13-,26-22?. The molecule has 0 aliphatic carbocycles. The SMILES string of the molecule is CCOC(=O)c1cccc(-c2ccc(/C=C3/C(=N)N4N=C(CC(=O)N5CCCC5)SC4=NC3=O)o2)c1. The highest BCUT2D eigenvalue weighted by Gasteiger charge is 2.36. The maximum absolute atomic E-state index is 12.7. The van der Waals surface area contributed by atoms with Crippen molar-refractivity contribution in [1.29, 1.82) is 5.41 Å². The number of esters is 1. The lowest BCUT2D eigenvalue weighted by Crippen LogP contribution is -2.35. The van der Waals surface area contributed by atoms with Crippen molar-refractivity contribution in [2.75, 3.05) is 19.7 Å². The molecule has 1 N–H and O–H groups in total. The smallest absolute Gasteiger partial charge is 0.338 e. The van der Waals surface area contributed by atoms with E-state index in [0.717, 1.165) is 37.7 Å². The number of nitrogens with zero attached hydrogens (tertiary/aromatic N) is 4. The van der Waals surface area contributed by atoms with Crippen LogP contribution in [0, 0.1) is 5.41 Å². The molecule has 3 aliphatic heterocycles. The van der Waals surface area contributed by atoms with Crippen LogP contribution in [0.15, 0.2) is 56.5 Å². The molecule has 0 unspecified atom stereocenters. The third kappa shape index (κ3) is 4.74. The summed E-state index contributed by atoms with van der Waals surface area (Å²) < 4.78 is 10.9. The van der Waals surface area contributed by atoms with Crippen molar-refractivity contribution in [3.05, 3.63) is 53.3 Å². The number of hydrogen-bond acceptors (Lipinski definition) is 8. The number of hydrazone groups is 1. The number of carbonyl (C=O) groups excluding carboxylic acids is 3. The van der Waals surface area contributed by atoms with Crippen LogP contribution in [0.25, 0.3) is 17.4 Å². The Morgan fingerprint density at radius 1 is 1.22 bits per heavy atom. The second kappa shape index (κ2) is 9.94. The van der Waals surface area contributed by atoms with Gasteiger partial charge in [-0.15, -0.1) is 0 Å². The summed E-state index contributed by atoms with van der Waals surface area (Å²) in [6.07, 6.45) is 3.57. The van der Waals surface area contributed by atoms with Gasteiger partial charge in [0, 0.05) is 18.7 Å². The van der Waals surface area contributed by atoms with Crippen LogP contribution in [-0.4, -0.2) is 63.4 Å². The number of likely N-dealkylation sites (tertiary alicyclic amines) is 1. The van der Waals surface area contributed by atoms with Crippen LogP contribution in [0.2, 0.25) is 0 Å². The summed E-state index contributed by atoms with van der Waals surface area (Å²) >= 11 is 1.13. The predicted molar refractivity (Wildman–Crippen MR) is 136 cm³/mol. The fourth-order valence-corrected chi connectivity index (χ4v) is 4.93. The molecular weight excluding hydrogens is 482 g/mol. The Morgan fingerprint density at radius 3 is 2.81 bits per heavy atom. The van der Waals surface area contributed by atoms with Crippen LogP contribution in [0.3, 0.4) is 0 Å². The Hall–Kier alpha value is -3.99. The van der Waals surface area contributed by atoms with Crippen LogP contribution in [0.4, 0.5) is 0 Å². The van der Waals surface area contributed by atoms with Gasteiger partial charge in [-0.3, -0.25) is 15.0 Å². The van der Waals surface area contributed by atoms with Crippen molar-refractivity contribution in [2.24, 2.45) is 10.1 Å². The molecule has 10 nitrogen and oxygen atoms in total. The first-order chi connectivity index (χ1) is 17.4. The average Bonchev–Trinajstić information content (AvgIpc) is 3.63. The number of furan rings is 1. The van der Waals surface area contributed by atoms with Crippen molar-refractivity contribution in [3.8, 4) is 11.3 Å². The van der Waals surface area contributed by atoms with Gasteiger partial charge in [-0.25, -0.2) is 4.79 Å². The molecule has 2 aromatic rings. The van der Waals surface area contributed by atoms with Gasteiger partial charge in [-0.05, 0) is 61.9 Å². The predicted octanol–water partition coefficient (Wildman–Crippen LogP) is 3.75. The van der Waals surface area contributed by atoms with Crippen molar-refractivity contribution < 1.29 is 23.5 Å². The van der Waals surface area contributed by atoms with E-state index in [-0.39, 0.29) is 35.5 Å². The van der Waals surface area contributed by atoms with Crippen LogP contribution in [0.5, 0.6) is 0 Å². The normalized spacial score (nSPS) is 18.4. The molecule has 184 valence electrons. The molecule has 0 radical (unpaired) electrons. The minimum atomic E-state index is -0.580. The van der Waals surface area contributed by atoms with Gasteiger partial charge >= 0.3 is 5.97 Å². The highest BCUT2D eigenvalue weighted by molar-refractivity contribution is 8.27. The van der Waals surface area contributed by atoms with E-state index >= 15 is 0 Å². The van der Waals surface area contributed by atoms with Crippen molar-refractivity contribution >= 4 is 51.7 Å². The summed E-state index contributed by atoms with van der Waals surface area (Å²) in [6.45, 7) is 3.52. The summed E-state index contributed by atoms with van der Waals surface area (Å²) in [5, 5.41) is 14.9. The van der Waals surface area contributed by atoms with E-state index in [0.29, 0.717) is 27.7 Å². The first-order valence-corrected chi connectivity index (χ1v) is 12.4. The van der Waals surface area contributed by atoms with Gasteiger partial charge in [0.05, 0.1) is 24.2 Å². The number of benzene rings is 1. The van der Waals surface area contributed by atoms with Crippen molar-refractivity contribution in [2.45, 2.75) is 26.2 Å². The molecule has 1 saturated heterocycles. The van der Waals surface area contributed by atoms with Gasteiger partial charge in [0.2, 0.25) is 11.1 Å². The Balaban J connectivity index is 1.33. The van der Waals surface area contributed by atoms with Crippen LogP contribution >= 0.6 is 11.8 Å². The van der Waals surface area contributed by atoms with Crippen molar-refractivity contribution in [1.82, 2.24) is 9.91 Å². The number of nitrogens with one attached hydrogen (secondary N) is 1. The van der Waals surface area contributed by atoms with Crippen LogP contribution in [-0.2, 0) is 14.3 Å². The second-order valence-corrected chi connectivity index (χ2v) is 9.32. The number of amidine groups is 2. The van der Waals surface area contributed by atoms with Gasteiger partial charge in [-0.1, -0.05) is 12.1 Å². The Labute approximate surface area is 211 Å². The molecule has 11 heteroatoms. The lowest BCUT2D eigenvalue weighted by molar-refractivity contribution is -0.128. The molecule has 36 heavy (non-hydrogen) atoms. The van der Waals surface area contributed by atoms with E-state index in [1.165, 1.54) is 11.1 Å². The Morgan fingerprint density at radius 2 is 2.03 bits per heavy atom. The monoisotopic (exact) mass is 505 g/mol. The van der Waals surface area contributed by atoms with Crippen molar-refractivity contribution in [3.63, 3.8) is 0 Å². The molecule has 5 rings (SSSR count). The molecule has 0 saturated carbocycles. The lowest BCUT2D eigenvalue weighted by Gasteiger charge is -2.19. The largest absolute Gasteiger partial charge is 0.462 e. The fourth-order valence-electron chi connectivity index (χ4n) is 4.05. The zero-order chi connectivity index (χ0) is 25.2. The average molecular weight is 506 g/mol. The Bertz CT molecular complexity index is 1350. The summed E-state index contributed by atoms with van der Waals surface area (Å²) in [6, 6.07) is 10.2. The minimum Gasteiger partial charge on any atom is -0.462 e. The summed E-state index contributed by atoms with van der Waals surface area (Å²) in [5.41, 5.74) is 1.10. The number of carbonyl (C=O) groups is 3. The second-order valence-electron chi connectivity index (χ2n) is 8.28. The zero-order valence-corrected chi connectivity index (χ0v) is 20.3. The fraction of sp³-hybridized carbons (Fsp3) is 0.280. The first-order valence-electron chi connectivity index (χ1n) is 11.6. The molecule has 4 heterocycles. The van der Waals surface area contributed by atoms with Crippen LogP contribution in [0.1, 0.15) is 42.3 Å². The van der Waals surface area contributed by atoms with E-state index in [4.69, 9.17) is 14.6 Å². The molecule has 1 fully saturated rings. The molecule has 1 aromatic heterocycles. The van der Waals surface area contributed by atoms with E-state index in [2.05, 4.69) is 10.1 Å². The van der Waals surface area contributed by atoms with Gasteiger partial charge in [0.1, 0.15) is 16.6 Å². The lowest BCUT2D eigenvalue weighted by atomic mass is 10.1. The van der Waals surface area contributed by atoms with E-state index in [1.54, 1.807) is 48.2 Å². The van der Waals surface area contributed by atoms with Gasteiger partial charge in [0.15, 0.2) is 5.84 Å². The maximum atomic E-state index is 12.7. The Kier molecular flexibility index (Phi) is 6.55. The van der Waals surface area contributed by atoms with Gasteiger partial charge in [0.25, 0.3) is 5.91 Å². The molecule has 0 bridgehead atoms. The molecule has 3 aliphatic rings. The summed E-state index contributed by atoms with van der Waals surface area (Å²) in [5.74, 6) is -0.314. The number of fused-ring (bicyclic) bond motifs is 1. The van der Waals surface area contributed by atoms with E-state index in [9.17, 15) is 14.4 Å². The summed E-state index contributed by atoms with van der Waals surface area (Å²) in [7, 11) is 0. The third-order valence-electron chi connectivity index (χ3n) is 5.83. The topological polar surface area (TPSA) is 129 Å². The van der Waals surface area contributed by atoms with Gasteiger partial charge < -0.3 is 14.1 Å². The molecule has 1 aromatic carbocycles. The highest BCUT2D eigenvalue weighted by atomic mass is 32.2. The summed E-state index contributed by atoms with van der Waals surface area (Å²) in [4.78, 5) is 43.1. The number of hydrogen-bond donors (Lipinski definition) is 1. The molecule has 2 amide bonds. The number of ether oxygens (including phenoxy) is 1. The van der Waals surface area contributed by atoms with E-state index < -0.39 is 11.9 Å². The molecule has 0 spiro atoms. The zero-order valence-electron chi connectivity index (χ0n) is 19.5. The van der Waals surface area contributed by atoms with Gasteiger partial charge in [-0.2, -0.15) is 15.1 Å². The number of rotatable bonds is 6. The first kappa shape index (κ1) is 23.7. The maximum Gasteiger partial charge on any atom is 0.338 e. The molecular formula is C25H23N5O5S. The number of aliphatic imine (C=N–C) groups is 1.